The van der Waals surface area contributed by atoms with E-state index in [1.807, 2.05) is 30.0 Å². The number of anilines is 2. The molecule has 6 nitrogen and oxygen atoms in total. The molecule has 0 spiro atoms. The van der Waals surface area contributed by atoms with Crippen molar-refractivity contribution >= 4 is 33.6 Å². The Morgan fingerprint density at radius 1 is 1.17 bits per heavy atom. The average Bonchev–Trinajstić information content (AvgIpc) is 2.59. The normalized spacial score (nSPS) is 14.7. The summed E-state index contributed by atoms with van der Waals surface area (Å²) < 4.78 is 0.987. The van der Waals surface area contributed by atoms with Gasteiger partial charge in [-0.3, -0.25) is 0 Å². The number of aryl methyl sites for hydroxylation is 1. The zero-order valence-corrected chi connectivity index (χ0v) is 14.5. The van der Waals surface area contributed by atoms with Crippen LogP contribution in [-0.4, -0.2) is 47.1 Å². The van der Waals surface area contributed by atoms with Gasteiger partial charge in [-0.25, -0.2) is 14.8 Å². The van der Waals surface area contributed by atoms with Crippen molar-refractivity contribution in [1.29, 1.82) is 0 Å². The maximum Gasteiger partial charge on any atom is 0.321 e. The molecular formula is C16H18BrN5O. The monoisotopic (exact) mass is 375 g/mol. The molecule has 1 aliphatic heterocycles. The van der Waals surface area contributed by atoms with Crippen molar-refractivity contribution in [3.05, 3.63) is 46.7 Å². The summed E-state index contributed by atoms with van der Waals surface area (Å²) in [4.78, 5) is 24.8. The predicted molar refractivity (Wildman–Crippen MR) is 93.7 cm³/mol. The van der Waals surface area contributed by atoms with Crippen LogP contribution in [-0.2, 0) is 0 Å². The largest absolute Gasteiger partial charge is 0.337 e. The van der Waals surface area contributed by atoms with Gasteiger partial charge in [0, 0.05) is 48.7 Å². The molecule has 1 aliphatic rings. The van der Waals surface area contributed by atoms with Crippen molar-refractivity contribution in [2.24, 2.45) is 0 Å². The molecule has 0 radical (unpaired) electrons. The van der Waals surface area contributed by atoms with Gasteiger partial charge in [-0.2, -0.15) is 0 Å². The smallest absolute Gasteiger partial charge is 0.321 e. The number of nitrogens with one attached hydrogen (secondary N) is 1. The first kappa shape index (κ1) is 15.7. The molecule has 1 N–H and O–H groups in total. The number of rotatable bonds is 2. The Balaban J connectivity index is 1.57. The summed E-state index contributed by atoms with van der Waals surface area (Å²) in [5, 5.41) is 2.94. The van der Waals surface area contributed by atoms with E-state index in [1.54, 1.807) is 18.5 Å². The summed E-state index contributed by atoms with van der Waals surface area (Å²) in [6, 6.07) is 7.53. The lowest BCUT2D eigenvalue weighted by atomic mass is 10.2. The van der Waals surface area contributed by atoms with Crippen LogP contribution >= 0.6 is 15.9 Å². The number of carbonyl (C=O) groups is 1. The third kappa shape index (κ3) is 3.79. The van der Waals surface area contributed by atoms with Gasteiger partial charge < -0.3 is 15.1 Å². The first-order chi connectivity index (χ1) is 11.1. The van der Waals surface area contributed by atoms with Crippen LogP contribution in [0.1, 0.15) is 5.56 Å². The van der Waals surface area contributed by atoms with Gasteiger partial charge in [0.25, 0.3) is 0 Å². The molecule has 1 saturated heterocycles. The van der Waals surface area contributed by atoms with Crippen LogP contribution in [0.25, 0.3) is 0 Å². The molecule has 1 aromatic carbocycles. The summed E-state index contributed by atoms with van der Waals surface area (Å²) in [5.74, 6) is 0.718. The molecule has 1 aromatic heterocycles. The standard InChI is InChI=1S/C16H18BrN5O/c1-12-3-4-13(11-14(12)17)20-16(23)22-9-7-21(8-10-22)15-18-5-2-6-19-15/h2-6,11H,7-10H2,1H3,(H,20,23). The van der Waals surface area contributed by atoms with Crippen molar-refractivity contribution in [2.75, 3.05) is 36.4 Å². The molecular weight excluding hydrogens is 358 g/mol. The van der Waals surface area contributed by atoms with E-state index < -0.39 is 0 Å². The Bertz CT molecular complexity index is 686. The number of hydrogen-bond donors (Lipinski definition) is 1. The first-order valence-corrected chi connectivity index (χ1v) is 8.27. The van der Waals surface area contributed by atoms with Gasteiger partial charge in [0.1, 0.15) is 0 Å². The first-order valence-electron chi connectivity index (χ1n) is 7.47. The Morgan fingerprint density at radius 3 is 2.52 bits per heavy atom. The summed E-state index contributed by atoms with van der Waals surface area (Å²) in [6.45, 7) is 4.78. The second-order valence-electron chi connectivity index (χ2n) is 5.42. The Kier molecular flexibility index (Phi) is 4.76. The zero-order valence-electron chi connectivity index (χ0n) is 12.9. The Hall–Kier alpha value is -2.15. The number of hydrogen-bond acceptors (Lipinski definition) is 4. The topological polar surface area (TPSA) is 61.4 Å². The van der Waals surface area contributed by atoms with E-state index in [2.05, 4.69) is 36.1 Å². The molecule has 0 aliphatic carbocycles. The van der Waals surface area contributed by atoms with Crippen LogP contribution in [0.5, 0.6) is 0 Å². The van der Waals surface area contributed by atoms with Gasteiger partial charge in [-0.15, -0.1) is 0 Å². The average molecular weight is 376 g/mol. The van der Waals surface area contributed by atoms with E-state index in [-0.39, 0.29) is 6.03 Å². The Morgan fingerprint density at radius 2 is 1.87 bits per heavy atom. The van der Waals surface area contributed by atoms with E-state index in [0.717, 1.165) is 34.8 Å². The highest BCUT2D eigenvalue weighted by Crippen LogP contribution is 2.21. The molecule has 23 heavy (non-hydrogen) atoms. The van der Waals surface area contributed by atoms with Crippen molar-refractivity contribution < 1.29 is 4.79 Å². The number of amides is 2. The van der Waals surface area contributed by atoms with Crippen molar-refractivity contribution in [1.82, 2.24) is 14.9 Å². The van der Waals surface area contributed by atoms with E-state index in [4.69, 9.17) is 0 Å². The van der Waals surface area contributed by atoms with Crippen LogP contribution in [0.15, 0.2) is 41.1 Å². The molecule has 2 aromatic rings. The van der Waals surface area contributed by atoms with E-state index >= 15 is 0 Å². The number of halogens is 1. The van der Waals surface area contributed by atoms with Gasteiger partial charge in [0.05, 0.1) is 0 Å². The zero-order chi connectivity index (χ0) is 16.2. The van der Waals surface area contributed by atoms with Gasteiger partial charge in [-0.1, -0.05) is 22.0 Å². The number of nitrogens with zero attached hydrogens (tertiary/aromatic N) is 4. The van der Waals surface area contributed by atoms with Gasteiger partial charge >= 0.3 is 6.03 Å². The molecule has 120 valence electrons. The number of benzene rings is 1. The number of carbonyl (C=O) groups excluding carboxylic acids is 1. The molecule has 0 unspecified atom stereocenters. The number of piperazine rings is 1. The molecule has 0 saturated carbocycles. The maximum absolute atomic E-state index is 12.4. The van der Waals surface area contributed by atoms with E-state index in [0.29, 0.717) is 13.1 Å². The predicted octanol–water partition coefficient (Wildman–Crippen LogP) is 2.90. The molecule has 3 rings (SSSR count). The number of urea groups is 1. The summed E-state index contributed by atoms with van der Waals surface area (Å²) in [6.07, 6.45) is 3.47. The van der Waals surface area contributed by atoms with Gasteiger partial charge in [0.2, 0.25) is 5.95 Å². The minimum absolute atomic E-state index is 0.0746. The second-order valence-corrected chi connectivity index (χ2v) is 6.27. The fourth-order valence-corrected chi connectivity index (χ4v) is 2.82. The summed E-state index contributed by atoms with van der Waals surface area (Å²) in [7, 11) is 0. The lowest BCUT2D eigenvalue weighted by molar-refractivity contribution is 0.208. The van der Waals surface area contributed by atoms with E-state index in [9.17, 15) is 4.79 Å². The lowest BCUT2D eigenvalue weighted by Gasteiger charge is -2.34. The SMILES string of the molecule is Cc1ccc(NC(=O)N2CCN(c3ncccn3)CC2)cc1Br. The Labute approximate surface area is 143 Å². The molecule has 0 atom stereocenters. The van der Waals surface area contributed by atoms with Crippen LogP contribution in [0, 0.1) is 6.92 Å². The highest BCUT2D eigenvalue weighted by molar-refractivity contribution is 9.10. The van der Waals surface area contributed by atoms with Gasteiger partial charge in [0.15, 0.2) is 0 Å². The molecule has 1 fully saturated rings. The minimum Gasteiger partial charge on any atom is -0.337 e. The minimum atomic E-state index is -0.0746. The highest BCUT2D eigenvalue weighted by Gasteiger charge is 2.22. The number of aromatic nitrogens is 2. The molecule has 2 heterocycles. The quantitative estimate of drug-likeness (QED) is 0.876. The van der Waals surface area contributed by atoms with Crippen molar-refractivity contribution in [3.63, 3.8) is 0 Å². The summed E-state index contributed by atoms with van der Waals surface area (Å²) >= 11 is 3.48. The molecule has 2 amide bonds. The van der Waals surface area contributed by atoms with Gasteiger partial charge in [-0.05, 0) is 30.7 Å². The maximum atomic E-state index is 12.4. The van der Waals surface area contributed by atoms with Crippen LogP contribution in [0.4, 0.5) is 16.4 Å². The van der Waals surface area contributed by atoms with Crippen molar-refractivity contribution in [2.45, 2.75) is 6.92 Å². The second kappa shape index (κ2) is 6.95. The third-order valence-electron chi connectivity index (χ3n) is 3.82. The highest BCUT2D eigenvalue weighted by atomic mass is 79.9. The van der Waals surface area contributed by atoms with Crippen molar-refractivity contribution in [3.8, 4) is 0 Å². The fourth-order valence-electron chi connectivity index (χ4n) is 2.44. The summed E-state index contributed by atoms with van der Waals surface area (Å²) in [5.41, 5.74) is 1.93. The lowest BCUT2D eigenvalue weighted by Crippen LogP contribution is -2.50. The molecule has 7 heteroatoms. The molecule has 0 bridgehead atoms. The van der Waals surface area contributed by atoms with E-state index in [1.165, 1.54) is 0 Å². The fraction of sp³-hybridized carbons (Fsp3) is 0.312. The third-order valence-corrected chi connectivity index (χ3v) is 4.68. The van der Waals surface area contributed by atoms with Crippen LogP contribution < -0.4 is 10.2 Å². The van der Waals surface area contributed by atoms with Crippen LogP contribution in [0.3, 0.4) is 0 Å². The van der Waals surface area contributed by atoms with Crippen LogP contribution in [0.2, 0.25) is 0 Å².